The molecule has 1 amide bonds. The van der Waals surface area contributed by atoms with Gasteiger partial charge in [-0.2, -0.15) is 0 Å². The van der Waals surface area contributed by atoms with Crippen LogP contribution in [0.4, 0.5) is 0 Å². The van der Waals surface area contributed by atoms with Crippen LogP contribution >= 0.6 is 0 Å². The Labute approximate surface area is 228 Å². The van der Waals surface area contributed by atoms with Gasteiger partial charge in [0, 0.05) is 26.1 Å². The molecule has 0 saturated heterocycles. The van der Waals surface area contributed by atoms with E-state index in [0.29, 0.717) is 19.5 Å². The summed E-state index contributed by atoms with van der Waals surface area (Å²) in [5.74, 6) is -0.917. The van der Waals surface area contributed by atoms with Crippen molar-refractivity contribution in [3.05, 3.63) is 94.0 Å². The van der Waals surface area contributed by atoms with Gasteiger partial charge in [0.05, 0.1) is 17.4 Å². The number of amides is 1. The molecule has 1 aliphatic carbocycles. The number of hydrogen-bond donors (Lipinski definition) is 1. The Morgan fingerprint density at radius 1 is 1.00 bits per heavy atom. The molecule has 1 atom stereocenters. The third kappa shape index (κ3) is 4.30. The van der Waals surface area contributed by atoms with Crippen molar-refractivity contribution in [3.8, 4) is 0 Å². The first-order valence-corrected chi connectivity index (χ1v) is 13.9. The summed E-state index contributed by atoms with van der Waals surface area (Å²) < 4.78 is 1.74. The molecule has 2 aliphatic rings. The van der Waals surface area contributed by atoms with Crippen molar-refractivity contribution in [1.29, 1.82) is 0 Å². The van der Waals surface area contributed by atoms with E-state index in [2.05, 4.69) is 34.6 Å². The van der Waals surface area contributed by atoms with Gasteiger partial charge in [-0.05, 0) is 65.6 Å². The van der Waals surface area contributed by atoms with Crippen LogP contribution in [-0.2, 0) is 35.0 Å². The fraction of sp³-hybridized carbons (Fsp3) is 0.375. The van der Waals surface area contributed by atoms with Crippen LogP contribution in [0.2, 0.25) is 0 Å². The van der Waals surface area contributed by atoms with Gasteiger partial charge in [-0.25, -0.2) is 4.68 Å². The minimum atomic E-state index is -0.838. The van der Waals surface area contributed by atoms with E-state index >= 15 is 0 Å². The van der Waals surface area contributed by atoms with Gasteiger partial charge < -0.3 is 10.0 Å². The van der Waals surface area contributed by atoms with Gasteiger partial charge in [0.25, 0.3) is 0 Å². The molecular weight excluding hydrogens is 488 g/mol. The molecule has 3 aromatic carbocycles. The summed E-state index contributed by atoms with van der Waals surface area (Å²) in [6.45, 7) is 3.19. The van der Waals surface area contributed by atoms with Crippen molar-refractivity contribution >= 4 is 22.9 Å². The number of carboxylic acid groups (broad SMARTS) is 1. The normalized spacial score (nSPS) is 17.2. The number of benzene rings is 3. The smallest absolute Gasteiger partial charge is 0.304 e. The average Bonchev–Trinajstić information content (AvgIpc) is 3.60. The van der Waals surface area contributed by atoms with E-state index in [9.17, 15) is 14.7 Å². The van der Waals surface area contributed by atoms with Crippen molar-refractivity contribution in [2.45, 2.75) is 63.3 Å². The van der Waals surface area contributed by atoms with Gasteiger partial charge in [-0.15, -0.1) is 5.10 Å². The molecule has 39 heavy (non-hydrogen) atoms. The Bertz CT molecular complexity index is 1550. The highest BCUT2D eigenvalue weighted by Gasteiger charge is 2.45. The number of rotatable bonds is 6. The summed E-state index contributed by atoms with van der Waals surface area (Å²) in [7, 11) is 1.86. The molecule has 0 spiro atoms. The predicted octanol–water partition coefficient (Wildman–Crippen LogP) is 5.28. The lowest BCUT2D eigenvalue weighted by Gasteiger charge is -2.38. The molecule has 4 aromatic rings. The molecule has 7 nitrogen and oxygen atoms in total. The second kappa shape index (κ2) is 9.95. The fourth-order valence-electron chi connectivity index (χ4n) is 6.99. The molecular formula is C32H34N4O3. The second-order valence-corrected chi connectivity index (χ2v) is 11.1. The van der Waals surface area contributed by atoms with Crippen molar-refractivity contribution in [3.63, 3.8) is 0 Å². The third-order valence-electron chi connectivity index (χ3n) is 8.99. The van der Waals surface area contributed by atoms with Crippen LogP contribution in [0, 0.1) is 6.92 Å². The molecule has 1 unspecified atom stereocenters. The maximum absolute atomic E-state index is 14.1. The number of carboxylic acids is 1. The topological polar surface area (TPSA) is 88.3 Å². The average molecular weight is 523 g/mol. The van der Waals surface area contributed by atoms with Gasteiger partial charge in [0.2, 0.25) is 5.91 Å². The van der Waals surface area contributed by atoms with Crippen molar-refractivity contribution in [1.82, 2.24) is 19.9 Å². The number of carbonyl (C=O) groups excluding carboxylic acids is 1. The lowest BCUT2D eigenvalue weighted by Crippen LogP contribution is -2.47. The summed E-state index contributed by atoms with van der Waals surface area (Å²) in [6.07, 6.45) is 4.63. The van der Waals surface area contributed by atoms with E-state index in [1.165, 1.54) is 5.56 Å². The van der Waals surface area contributed by atoms with Crippen LogP contribution in [0.3, 0.4) is 0 Å². The number of aryl methyl sites for hydroxylation is 2. The summed E-state index contributed by atoms with van der Waals surface area (Å²) in [6, 6.07) is 20.4. The second-order valence-electron chi connectivity index (χ2n) is 11.1. The van der Waals surface area contributed by atoms with E-state index in [0.717, 1.165) is 64.5 Å². The maximum atomic E-state index is 14.1. The maximum Gasteiger partial charge on any atom is 0.304 e. The van der Waals surface area contributed by atoms with Crippen molar-refractivity contribution < 1.29 is 14.7 Å². The van der Waals surface area contributed by atoms with Gasteiger partial charge in [-0.3, -0.25) is 9.59 Å². The number of nitrogens with zero attached hydrogens (tertiary/aromatic N) is 4. The number of hydrogen-bond acceptors (Lipinski definition) is 4. The zero-order valence-electron chi connectivity index (χ0n) is 22.6. The molecule has 0 bridgehead atoms. The van der Waals surface area contributed by atoms with Crippen molar-refractivity contribution in [2.75, 3.05) is 6.54 Å². The quantitative estimate of drug-likeness (QED) is 0.372. The predicted molar refractivity (Wildman–Crippen MR) is 149 cm³/mol. The summed E-state index contributed by atoms with van der Waals surface area (Å²) in [5, 5.41) is 18.4. The molecule has 1 fully saturated rings. The number of carbonyl (C=O) groups is 2. The van der Waals surface area contributed by atoms with E-state index in [-0.39, 0.29) is 18.2 Å². The summed E-state index contributed by atoms with van der Waals surface area (Å²) in [5.41, 5.74) is 7.66. The van der Waals surface area contributed by atoms with Crippen LogP contribution in [0.1, 0.15) is 71.4 Å². The van der Waals surface area contributed by atoms with Gasteiger partial charge in [0.15, 0.2) is 0 Å². The number of aromatic nitrogens is 3. The number of fused-ring (bicyclic) bond motifs is 2. The Balaban J connectivity index is 1.36. The molecule has 1 saturated carbocycles. The molecule has 6 rings (SSSR count). The molecule has 1 aliphatic heterocycles. The lowest BCUT2D eigenvalue weighted by atomic mass is 9.76. The zero-order chi connectivity index (χ0) is 27.1. The standard InChI is InChI=1S/C32H34N4O3/c1-21-24(13-14-28-30(21)33-34-35(28)2)27(19-29(37)38)26-12-8-9-22-20-36(18-15-25(22)26)31(39)32(16-6-7-17-32)23-10-4-3-5-11-23/h3-5,8-14,27H,6-7,15-20H2,1-2H3,(H,37,38). The van der Waals surface area contributed by atoms with Crippen LogP contribution < -0.4 is 0 Å². The molecule has 2 heterocycles. The Morgan fingerprint density at radius 3 is 2.51 bits per heavy atom. The summed E-state index contributed by atoms with van der Waals surface area (Å²) in [4.78, 5) is 28.2. The Hall–Kier alpha value is -4.00. The van der Waals surface area contributed by atoms with Crippen LogP contribution in [-0.4, -0.2) is 43.4 Å². The Kier molecular flexibility index (Phi) is 6.45. The summed E-state index contributed by atoms with van der Waals surface area (Å²) >= 11 is 0. The highest BCUT2D eigenvalue weighted by Crippen LogP contribution is 2.44. The molecule has 0 radical (unpaired) electrons. The first-order chi connectivity index (χ1) is 18.9. The van der Waals surface area contributed by atoms with E-state index in [1.54, 1.807) is 4.68 Å². The first kappa shape index (κ1) is 25.3. The minimum absolute atomic E-state index is 0.0111. The highest BCUT2D eigenvalue weighted by atomic mass is 16.4. The lowest BCUT2D eigenvalue weighted by molar-refractivity contribution is -0.138. The van der Waals surface area contributed by atoms with Crippen LogP contribution in [0.15, 0.2) is 60.7 Å². The third-order valence-corrected chi connectivity index (χ3v) is 8.99. The van der Waals surface area contributed by atoms with Gasteiger partial charge >= 0.3 is 5.97 Å². The monoisotopic (exact) mass is 522 g/mol. The Morgan fingerprint density at radius 2 is 1.77 bits per heavy atom. The first-order valence-electron chi connectivity index (χ1n) is 13.9. The molecule has 200 valence electrons. The van der Waals surface area contributed by atoms with Crippen molar-refractivity contribution in [2.24, 2.45) is 7.05 Å². The molecule has 1 aromatic heterocycles. The SMILES string of the molecule is Cc1c(C(CC(=O)O)c2cccc3c2CCN(C(=O)C2(c4ccccc4)CCCC2)C3)ccc2c1nnn2C. The minimum Gasteiger partial charge on any atom is -0.481 e. The molecule has 7 heteroatoms. The van der Waals surface area contributed by atoms with E-state index in [4.69, 9.17) is 0 Å². The zero-order valence-corrected chi connectivity index (χ0v) is 22.6. The largest absolute Gasteiger partial charge is 0.481 e. The fourth-order valence-corrected chi connectivity index (χ4v) is 6.99. The molecule has 1 N–H and O–H groups in total. The number of aliphatic carboxylic acids is 1. The van der Waals surface area contributed by atoms with Crippen LogP contribution in [0.5, 0.6) is 0 Å². The highest BCUT2D eigenvalue weighted by molar-refractivity contribution is 5.89. The van der Waals surface area contributed by atoms with Crippen LogP contribution in [0.25, 0.3) is 11.0 Å². The van der Waals surface area contributed by atoms with Gasteiger partial charge in [0.1, 0.15) is 5.52 Å². The van der Waals surface area contributed by atoms with E-state index in [1.807, 2.05) is 55.3 Å². The van der Waals surface area contributed by atoms with E-state index < -0.39 is 11.4 Å². The van der Waals surface area contributed by atoms with Gasteiger partial charge in [-0.1, -0.05) is 72.7 Å².